The maximum absolute atomic E-state index is 13.2. The minimum atomic E-state index is -0.921. The van der Waals surface area contributed by atoms with Crippen LogP contribution in [0.1, 0.15) is 10.5 Å². The van der Waals surface area contributed by atoms with E-state index in [9.17, 15) is 13.6 Å². The van der Waals surface area contributed by atoms with Gasteiger partial charge in [0.15, 0.2) is 11.6 Å². The van der Waals surface area contributed by atoms with E-state index in [-0.39, 0.29) is 5.91 Å². The highest BCUT2D eigenvalue weighted by Crippen LogP contribution is 2.19. The Bertz CT molecular complexity index is 728. The molecule has 0 spiro atoms. The zero-order valence-corrected chi connectivity index (χ0v) is 13.3. The number of benzene rings is 1. The summed E-state index contributed by atoms with van der Waals surface area (Å²) >= 11 is 0. The molecule has 1 aromatic heterocycles. The van der Waals surface area contributed by atoms with Crippen LogP contribution in [0, 0.1) is 11.6 Å². The zero-order chi connectivity index (χ0) is 17.1. The first-order valence-electron chi connectivity index (χ1n) is 7.69. The van der Waals surface area contributed by atoms with Gasteiger partial charge < -0.3 is 15.1 Å². The van der Waals surface area contributed by atoms with Crippen molar-refractivity contribution < 1.29 is 13.6 Å². The average molecular weight is 332 g/mol. The Hall–Kier alpha value is -2.54. The molecule has 1 aromatic carbocycles. The predicted octanol–water partition coefficient (Wildman–Crippen LogP) is 2.49. The molecule has 1 saturated heterocycles. The number of pyridine rings is 1. The van der Waals surface area contributed by atoms with E-state index >= 15 is 0 Å². The normalized spacial score (nSPS) is 15.4. The van der Waals surface area contributed by atoms with Crippen LogP contribution in [0.3, 0.4) is 0 Å². The molecule has 0 bridgehead atoms. The predicted molar refractivity (Wildman–Crippen MR) is 87.3 cm³/mol. The van der Waals surface area contributed by atoms with Gasteiger partial charge in [0.2, 0.25) is 0 Å². The number of anilines is 2. The van der Waals surface area contributed by atoms with Crippen molar-refractivity contribution in [3.63, 3.8) is 0 Å². The van der Waals surface area contributed by atoms with Crippen molar-refractivity contribution in [3.8, 4) is 0 Å². The fourth-order valence-electron chi connectivity index (χ4n) is 2.51. The molecule has 3 rings (SSSR count). The molecule has 0 radical (unpaired) electrons. The van der Waals surface area contributed by atoms with Crippen molar-refractivity contribution >= 4 is 17.3 Å². The molecule has 5 nitrogen and oxygen atoms in total. The molecule has 1 N–H and O–H groups in total. The number of amides is 1. The van der Waals surface area contributed by atoms with Gasteiger partial charge >= 0.3 is 0 Å². The highest BCUT2D eigenvalue weighted by Gasteiger charge is 2.21. The van der Waals surface area contributed by atoms with Gasteiger partial charge in [-0.05, 0) is 31.3 Å². The SMILES string of the molecule is CN1CCN(C(=O)c2ccc(Nc3ccc(F)c(F)c3)cn2)CC1. The quantitative estimate of drug-likeness (QED) is 0.938. The molecule has 0 atom stereocenters. The van der Waals surface area contributed by atoms with Crippen molar-refractivity contribution in [1.29, 1.82) is 0 Å². The summed E-state index contributed by atoms with van der Waals surface area (Å²) in [5, 5.41) is 2.92. The minimum absolute atomic E-state index is 0.0949. The first-order chi connectivity index (χ1) is 11.5. The van der Waals surface area contributed by atoms with Crippen molar-refractivity contribution in [3.05, 3.63) is 53.9 Å². The van der Waals surface area contributed by atoms with Gasteiger partial charge in [0, 0.05) is 37.9 Å². The number of nitrogens with one attached hydrogen (secondary N) is 1. The molecule has 2 heterocycles. The number of piperazine rings is 1. The van der Waals surface area contributed by atoms with Gasteiger partial charge in [0.1, 0.15) is 5.69 Å². The van der Waals surface area contributed by atoms with Crippen molar-refractivity contribution in [2.75, 3.05) is 38.5 Å². The number of hydrogen-bond acceptors (Lipinski definition) is 4. The summed E-state index contributed by atoms with van der Waals surface area (Å²) in [5.41, 5.74) is 1.38. The van der Waals surface area contributed by atoms with E-state index in [1.165, 1.54) is 12.3 Å². The van der Waals surface area contributed by atoms with Gasteiger partial charge in [0.05, 0.1) is 11.9 Å². The molecule has 24 heavy (non-hydrogen) atoms. The Labute approximate surface area is 138 Å². The van der Waals surface area contributed by atoms with Crippen molar-refractivity contribution in [2.45, 2.75) is 0 Å². The maximum Gasteiger partial charge on any atom is 0.272 e. The molecular weight excluding hydrogens is 314 g/mol. The molecular formula is C17H18F2N4O. The van der Waals surface area contributed by atoms with Crippen LogP contribution in [0.15, 0.2) is 36.5 Å². The van der Waals surface area contributed by atoms with Gasteiger partial charge in [-0.2, -0.15) is 0 Å². The Balaban J connectivity index is 1.66. The molecule has 0 aliphatic carbocycles. The molecule has 126 valence electrons. The topological polar surface area (TPSA) is 48.5 Å². The number of carbonyl (C=O) groups excluding carboxylic acids is 1. The van der Waals surface area contributed by atoms with E-state index in [1.807, 2.05) is 7.05 Å². The lowest BCUT2D eigenvalue weighted by Gasteiger charge is -2.32. The van der Waals surface area contributed by atoms with Crippen LogP contribution in [0.25, 0.3) is 0 Å². The molecule has 1 amide bonds. The van der Waals surface area contributed by atoms with E-state index in [0.29, 0.717) is 30.2 Å². The van der Waals surface area contributed by atoms with Crippen LogP contribution in [0.5, 0.6) is 0 Å². The van der Waals surface area contributed by atoms with Gasteiger partial charge in [0.25, 0.3) is 5.91 Å². The summed E-state index contributed by atoms with van der Waals surface area (Å²) in [6.07, 6.45) is 1.50. The van der Waals surface area contributed by atoms with Gasteiger partial charge in [-0.3, -0.25) is 4.79 Å². The summed E-state index contributed by atoms with van der Waals surface area (Å²) in [6.45, 7) is 3.07. The second-order valence-electron chi connectivity index (χ2n) is 5.78. The number of aromatic nitrogens is 1. The van der Waals surface area contributed by atoms with Crippen LogP contribution < -0.4 is 5.32 Å². The summed E-state index contributed by atoms with van der Waals surface area (Å²) < 4.78 is 26.1. The molecule has 2 aromatic rings. The highest BCUT2D eigenvalue weighted by atomic mass is 19.2. The highest BCUT2D eigenvalue weighted by molar-refractivity contribution is 5.92. The van der Waals surface area contributed by atoms with E-state index in [4.69, 9.17) is 0 Å². The van der Waals surface area contributed by atoms with Gasteiger partial charge in [-0.15, -0.1) is 0 Å². The van der Waals surface area contributed by atoms with Crippen molar-refractivity contribution in [1.82, 2.24) is 14.8 Å². The van der Waals surface area contributed by atoms with Crippen LogP contribution in [0.4, 0.5) is 20.2 Å². The molecule has 0 unspecified atom stereocenters. The third-order valence-corrected chi connectivity index (χ3v) is 3.98. The van der Waals surface area contributed by atoms with Crippen molar-refractivity contribution in [2.24, 2.45) is 0 Å². The Morgan fingerprint density at radius 2 is 1.75 bits per heavy atom. The minimum Gasteiger partial charge on any atom is -0.354 e. The number of nitrogens with zero attached hydrogens (tertiary/aromatic N) is 3. The van der Waals surface area contributed by atoms with Crippen LogP contribution >= 0.6 is 0 Å². The fourth-order valence-corrected chi connectivity index (χ4v) is 2.51. The lowest BCUT2D eigenvalue weighted by molar-refractivity contribution is 0.0658. The Morgan fingerprint density at radius 3 is 2.38 bits per heavy atom. The van der Waals surface area contributed by atoms with Crippen LogP contribution in [-0.4, -0.2) is 53.9 Å². The van der Waals surface area contributed by atoms with E-state index in [0.717, 1.165) is 25.2 Å². The lowest BCUT2D eigenvalue weighted by atomic mass is 10.2. The average Bonchev–Trinajstić information content (AvgIpc) is 2.59. The van der Waals surface area contributed by atoms with Gasteiger partial charge in [-0.25, -0.2) is 13.8 Å². The maximum atomic E-state index is 13.2. The Kier molecular flexibility index (Phi) is 4.71. The molecule has 7 heteroatoms. The van der Waals surface area contributed by atoms with E-state index < -0.39 is 11.6 Å². The Morgan fingerprint density at radius 1 is 1.04 bits per heavy atom. The van der Waals surface area contributed by atoms with Crippen LogP contribution in [0.2, 0.25) is 0 Å². The molecule has 0 saturated carbocycles. The second kappa shape index (κ2) is 6.92. The van der Waals surface area contributed by atoms with E-state index in [2.05, 4.69) is 15.2 Å². The third kappa shape index (κ3) is 3.68. The molecule has 1 aliphatic heterocycles. The largest absolute Gasteiger partial charge is 0.354 e. The summed E-state index contributed by atoms with van der Waals surface area (Å²) in [6, 6.07) is 6.87. The number of likely N-dealkylation sites (N-methyl/N-ethyl adjacent to an activating group) is 1. The zero-order valence-electron chi connectivity index (χ0n) is 13.3. The molecule has 1 fully saturated rings. The fraction of sp³-hybridized carbons (Fsp3) is 0.294. The standard InChI is InChI=1S/C17H18F2N4O/c1-22-6-8-23(9-7-22)17(24)16-5-3-13(11-20-16)21-12-2-4-14(18)15(19)10-12/h2-5,10-11,21H,6-9H2,1H3. The number of halogens is 2. The lowest BCUT2D eigenvalue weighted by Crippen LogP contribution is -2.47. The first kappa shape index (κ1) is 16.3. The van der Waals surface area contributed by atoms with E-state index in [1.54, 1.807) is 17.0 Å². The number of hydrogen-bond donors (Lipinski definition) is 1. The summed E-state index contributed by atoms with van der Waals surface area (Å²) in [5.74, 6) is -1.91. The first-order valence-corrected chi connectivity index (χ1v) is 7.69. The molecule has 1 aliphatic rings. The summed E-state index contributed by atoms with van der Waals surface area (Å²) in [7, 11) is 2.03. The van der Waals surface area contributed by atoms with Crippen LogP contribution in [-0.2, 0) is 0 Å². The summed E-state index contributed by atoms with van der Waals surface area (Å²) in [4.78, 5) is 20.5. The van der Waals surface area contributed by atoms with Gasteiger partial charge in [-0.1, -0.05) is 0 Å². The third-order valence-electron chi connectivity index (χ3n) is 3.98. The number of carbonyl (C=O) groups is 1. The number of rotatable bonds is 3. The monoisotopic (exact) mass is 332 g/mol. The second-order valence-corrected chi connectivity index (χ2v) is 5.78. The smallest absolute Gasteiger partial charge is 0.272 e.